The van der Waals surface area contributed by atoms with Crippen molar-refractivity contribution in [2.45, 2.75) is 18.8 Å². The molecule has 2 aromatic carbocycles. The van der Waals surface area contributed by atoms with Crippen molar-refractivity contribution in [1.29, 1.82) is 0 Å². The number of hydrazine groups is 1. The molecule has 2 aliphatic rings. The number of hydroxylamine groups is 2. The molecule has 0 spiro atoms. The SMILES string of the molecule is O=C(NNc1ccc(C(=O)ON2C(=O)CCC2=O)cn1)OCC1c2ccccc2-c2ccccc21. The number of benzene rings is 2. The van der Waals surface area contributed by atoms with Crippen molar-refractivity contribution in [1.82, 2.24) is 15.5 Å². The average Bonchev–Trinajstić information content (AvgIpc) is 3.38. The number of hydrogen-bond donors (Lipinski definition) is 2. The van der Waals surface area contributed by atoms with E-state index in [2.05, 4.69) is 28.0 Å². The third kappa shape index (κ3) is 4.41. The van der Waals surface area contributed by atoms with Gasteiger partial charge in [0.25, 0.3) is 11.8 Å². The van der Waals surface area contributed by atoms with E-state index < -0.39 is 23.9 Å². The molecule has 1 aromatic heterocycles. The van der Waals surface area contributed by atoms with Gasteiger partial charge in [0.15, 0.2) is 0 Å². The molecular weight excluding hydrogens is 452 g/mol. The van der Waals surface area contributed by atoms with Crippen LogP contribution in [-0.2, 0) is 19.2 Å². The Hall–Kier alpha value is -4.73. The molecule has 1 aliphatic heterocycles. The van der Waals surface area contributed by atoms with E-state index in [1.165, 1.54) is 18.3 Å². The fraction of sp³-hybridized carbons (Fsp3) is 0.160. The summed E-state index contributed by atoms with van der Waals surface area (Å²) in [5.41, 5.74) is 9.53. The molecule has 35 heavy (non-hydrogen) atoms. The van der Waals surface area contributed by atoms with Gasteiger partial charge < -0.3 is 9.57 Å². The molecule has 1 aliphatic carbocycles. The molecule has 0 unspecified atom stereocenters. The molecule has 0 saturated carbocycles. The molecule has 176 valence electrons. The number of pyridine rings is 1. The Kier molecular flexibility index (Phi) is 5.84. The number of nitrogens with one attached hydrogen (secondary N) is 2. The first kappa shape index (κ1) is 22.1. The highest BCUT2D eigenvalue weighted by Crippen LogP contribution is 2.44. The predicted octanol–water partition coefficient (Wildman–Crippen LogP) is 3.17. The zero-order valence-corrected chi connectivity index (χ0v) is 18.4. The number of aromatic nitrogens is 1. The summed E-state index contributed by atoms with van der Waals surface area (Å²) in [6.07, 6.45) is 0.515. The van der Waals surface area contributed by atoms with Gasteiger partial charge in [0, 0.05) is 25.0 Å². The smallest absolute Gasteiger partial charge is 0.426 e. The lowest BCUT2D eigenvalue weighted by molar-refractivity contribution is -0.172. The summed E-state index contributed by atoms with van der Waals surface area (Å²) in [7, 11) is 0. The molecule has 2 heterocycles. The van der Waals surface area contributed by atoms with Crippen LogP contribution in [-0.4, -0.2) is 40.5 Å². The summed E-state index contributed by atoms with van der Waals surface area (Å²) in [4.78, 5) is 56.4. The van der Waals surface area contributed by atoms with Crippen molar-refractivity contribution >= 4 is 29.7 Å². The maximum Gasteiger partial charge on any atom is 0.426 e. The standard InChI is InChI=1S/C25H20N4O6/c30-22-11-12-23(31)29(22)35-24(32)15-9-10-21(26-13-15)27-28-25(33)34-14-20-18-7-3-1-5-16(18)17-6-2-4-8-19(17)20/h1-10,13,20H,11-12,14H2,(H,26,27)(H,28,33). The quantitative estimate of drug-likeness (QED) is 0.414. The second kappa shape index (κ2) is 9.26. The highest BCUT2D eigenvalue weighted by Gasteiger charge is 2.33. The monoisotopic (exact) mass is 472 g/mol. The van der Waals surface area contributed by atoms with Crippen LogP contribution in [0.2, 0.25) is 0 Å². The molecule has 10 heteroatoms. The van der Waals surface area contributed by atoms with Crippen molar-refractivity contribution in [3.05, 3.63) is 83.6 Å². The lowest BCUT2D eigenvalue weighted by Gasteiger charge is -2.15. The second-order valence-electron chi connectivity index (χ2n) is 7.97. The average molecular weight is 472 g/mol. The topological polar surface area (TPSA) is 127 Å². The summed E-state index contributed by atoms with van der Waals surface area (Å²) in [5, 5.41) is 0.465. The largest absolute Gasteiger partial charge is 0.447 e. The minimum atomic E-state index is -0.892. The van der Waals surface area contributed by atoms with Gasteiger partial charge >= 0.3 is 12.1 Å². The van der Waals surface area contributed by atoms with E-state index in [4.69, 9.17) is 9.57 Å². The Labute approximate surface area is 199 Å². The van der Waals surface area contributed by atoms with E-state index >= 15 is 0 Å². The summed E-state index contributed by atoms with van der Waals surface area (Å²) >= 11 is 0. The Morgan fingerprint density at radius 2 is 1.54 bits per heavy atom. The normalized spacial score (nSPS) is 14.3. The van der Waals surface area contributed by atoms with Crippen molar-refractivity contribution in [3.8, 4) is 11.1 Å². The van der Waals surface area contributed by atoms with Gasteiger partial charge in [-0.05, 0) is 34.4 Å². The summed E-state index contributed by atoms with van der Waals surface area (Å²) in [6.45, 7) is 0.160. The van der Waals surface area contributed by atoms with Gasteiger partial charge in [-0.1, -0.05) is 48.5 Å². The van der Waals surface area contributed by atoms with E-state index in [1.807, 2.05) is 36.4 Å². The first-order chi connectivity index (χ1) is 17.0. The zero-order valence-electron chi connectivity index (χ0n) is 18.4. The molecule has 0 radical (unpaired) electrons. The van der Waals surface area contributed by atoms with Gasteiger partial charge in [-0.3, -0.25) is 15.0 Å². The Morgan fingerprint density at radius 1 is 0.914 bits per heavy atom. The van der Waals surface area contributed by atoms with Crippen molar-refractivity contribution < 1.29 is 28.8 Å². The molecular formula is C25H20N4O6. The van der Waals surface area contributed by atoms with Crippen LogP contribution in [0.1, 0.15) is 40.2 Å². The van der Waals surface area contributed by atoms with Gasteiger partial charge in [-0.15, -0.1) is 5.06 Å². The number of fused-ring (bicyclic) bond motifs is 3. The number of carbonyl (C=O) groups is 4. The van der Waals surface area contributed by atoms with E-state index in [1.54, 1.807) is 0 Å². The number of amides is 3. The number of anilines is 1. The number of nitrogens with zero attached hydrogens (tertiary/aromatic N) is 2. The minimum absolute atomic E-state index is 0.00869. The van der Waals surface area contributed by atoms with Crippen LogP contribution in [0.5, 0.6) is 0 Å². The Balaban J connectivity index is 1.14. The van der Waals surface area contributed by atoms with E-state index in [9.17, 15) is 19.2 Å². The lowest BCUT2D eigenvalue weighted by atomic mass is 9.98. The molecule has 3 amide bonds. The third-order valence-corrected chi connectivity index (χ3v) is 5.82. The third-order valence-electron chi connectivity index (χ3n) is 5.82. The van der Waals surface area contributed by atoms with Crippen molar-refractivity contribution in [3.63, 3.8) is 0 Å². The maximum absolute atomic E-state index is 12.3. The molecule has 3 aromatic rings. The van der Waals surface area contributed by atoms with Crippen molar-refractivity contribution in [2.24, 2.45) is 0 Å². The van der Waals surface area contributed by atoms with E-state index in [-0.39, 0.29) is 36.7 Å². The molecule has 10 nitrogen and oxygen atoms in total. The summed E-state index contributed by atoms with van der Waals surface area (Å²) in [5.74, 6) is -1.85. The van der Waals surface area contributed by atoms with Crippen LogP contribution in [0.15, 0.2) is 66.9 Å². The highest BCUT2D eigenvalue weighted by atomic mass is 16.7. The van der Waals surface area contributed by atoms with Gasteiger partial charge in [-0.2, -0.15) is 0 Å². The molecule has 1 saturated heterocycles. The van der Waals surface area contributed by atoms with E-state index in [0.29, 0.717) is 5.06 Å². The predicted molar refractivity (Wildman–Crippen MR) is 123 cm³/mol. The first-order valence-electron chi connectivity index (χ1n) is 10.9. The molecule has 0 bridgehead atoms. The number of rotatable bonds is 6. The second-order valence-corrected chi connectivity index (χ2v) is 7.97. The zero-order chi connectivity index (χ0) is 24.4. The Morgan fingerprint density at radius 3 is 2.14 bits per heavy atom. The fourth-order valence-corrected chi connectivity index (χ4v) is 4.13. The highest BCUT2D eigenvalue weighted by molar-refractivity contribution is 6.02. The minimum Gasteiger partial charge on any atom is -0.447 e. The number of ether oxygens (including phenoxy) is 1. The van der Waals surface area contributed by atoms with Crippen LogP contribution < -0.4 is 10.9 Å². The van der Waals surface area contributed by atoms with Crippen molar-refractivity contribution in [2.75, 3.05) is 12.0 Å². The number of imide groups is 1. The number of hydrogen-bond acceptors (Lipinski definition) is 8. The maximum atomic E-state index is 12.3. The van der Waals surface area contributed by atoms with Crippen LogP contribution in [0.25, 0.3) is 11.1 Å². The van der Waals surface area contributed by atoms with Crippen LogP contribution >= 0.6 is 0 Å². The van der Waals surface area contributed by atoms with E-state index in [0.717, 1.165) is 22.3 Å². The number of carbonyl (C=O) groups excluding carboxylic acids is 4. The lowest BCUT2D eigenvalue weighted by Crippen LogP contribution is -2.32. The van der Waals surface area contributed by atoms with Crippen LogP contribution in [0, 0.1) is 0 Å². The summed E-state index contributed by atoms with van der Waals surface area (Å²) in [6, 6.07) is 18.9. The first-order valence-corrected chi connectivity index (χ1v) is 10.9. The summed E-state index contributed by atoms with van der Waals surface area (Å²) < 4.78 is 5.43. The van der Waals surface area contributed by atoms with Gasteiger partial charge in [0.2, 0.25) is 0 Å². The van der Waals surface area contributed by atoms with Gasteiger partial charge in [0.1, 0.15) is 12.4 Å². The Bertz CT molecular complexity index is 1260. The van der Waals surface area contributed by atoms with Gasteiger partial charge in [-0.25, -0.2) is 20.0 Å². The van der Waals surface area contributed by atoms with Crippen LogP contribution in [0.4, 0.5) is 10.6 Å². The fourth-order valence-electron chi connectivity index (χ4n) is 4.13. The molecule has 1 fully saturated rings. The molecule has 5 rings (SSSR count). The van der Waals surface area contributed by atoms with Crippen LogP contribution in [0.3, 0.4) is 0 Å². The molecule has 0 atom stereocenters. The van der Waals surface area contributed by atoms with Gasteiger partial charge in [0.05, 0.1) is 5.56 Å². The molecule has 2 N–H and O–H groups in total.